The van der Waals surface area contributed by atoms with Crippen LogP contribution in [0.25, 0.3) is 0 Å². The van der Waals surface area contributed by atoms with Crippen molar-refractivity contribution in [1.29, 1.82) is 0 Å². The van der Waals surface area contributed by atoms with E-state index in [-0.39, 0.29) is 12.0 Å². The summed E-state index contributed by atoms with van der Waals surface area (Å²) < 4.78 is 0. The van der Waals surface area contributed by atoms with Crippen molar-refractivity contribution in [3.63, 3.8) is 0 Å². The Morgan fingerprint density at radius 3 is 1.75 bits per heavy atom. The van der Waals surface area contributed by atoms with E-state index >= 15 is 0 Å². The highest BCUT2D eigenvalue weighted by molar-refractivity contribution is 5.33. The third-order valence-corrected chi connectivity index (χ3v) is 3.81. The number of aliphatic hydroxyl groups is 1. The van der Waals surface area contributed by atoms with Crippen molar-refractivity contribution in [2.45, 2.75) is 44.6 Å². The number of aliphatic hydroxyl groups excluding tert-OH is 1. The molecule has 0 spiro atoms. The number of hydrogen-bond acceptors (Lipinski definition) is 1. The molecule has 0 aliphatic carbocycles. The molecule has 1 N–H and O–H groups in total. The largest absolute Gasteiger partial charge is 0.392 e. The SMILES string of the molecule is CCCCCC(O)C(c1ccccc1)c1ccccc1. The lowest BCUT2D eigenvalue weighted by Crippen LogP contribution is -2.19. The first-order chi connectivity index (χ1) is 9.83. The van der Waals surface area contributed by atoms with Gasteiger partial charge >= 0.3 is 0 Å². The molecule has 0 bridgehead atoms. The van der Waals surface area contributed by atoms with Gasteiger partial charge in [0.2, 0.25) is 0 Å². The van der Waals surface area contributed by atoms with E-state index in [0.717, 1.165) is 12.8 Å². The summed E-state index contributed by atoms with van der Waals surface area (Å²) >= 11 is 0. The summed E-state index contributed by atoms with van der Waals surface area (Å²) in [6.45, 7) is 2.19. The molecule has 1 nitrogen and oxygen atoms in total. The van der Waals surface area contributed by atoms with E-state index in [1.165, 1.54) is 24.0 Å². The van der Waals surface area contributed by atoms with Crippen LogP contribution in [0.15, 0.2) is 60.7 Å². The third-order valence-electron chi connectivity index (χ3n) is 3.81. The lowest BCUT2D eigenvalue weighted by atomic mass is 9.84. The Hall–Kier alpha value is -1.60. The van der Waals surface area contributed by atoms with E-state index in [2.05, 4.69) is 31.2 Å². The Labute approximate surface area is 122 Å². The maximum atomic E-state index is 10.6. The van der Waals surface area contributed by atoms with Gasteiger partial charge in [0.05, 0.1) is 6.10 Å². The molecule has 0 fully saturated rings. The molecule has 0 amide bonds. The van der Waals surface area contributed by atoms with Crippen LogP contribution >= 0.6 is 0 Å². The highest BCUT2D eigenvalue weighted by Crippen LogP contribution is 2.30. The molecule has 1 unspecified atom stereocenters. The third kappa shape index (κ3) is 3.94. The maximum Gasteiger partial charge on any atom is 0.0649 e. The van der Waals surface area contributed by atoms with Gasteiger partial charge in [0.1, 0.15) is 0 Å². The van der Waals surface area contributed by atoms with E-state index in [9.17, 15) is 5.11 Å². The predicted molar refractivity (Wildman–Crippen MR) is 84.9 cm³/mol. The van der Waals surface area contributed by atoms with Crippen LogP contribution in [0.5, 0.6) is 0 Å². The van der Waals surface area contributed by atoms with E-state index < -0.39 is 0 Å². The molecule has 0 aliphatic heterocycles. The van der Waals surface area contributed by atoms with Crippen LogP contribution in [0.3, 0.4) is 0 Å². The van der Waals surface area contributed by atoms with Gasteiger partial charge in [-0.2, -0.15) is 0 Å². The molecular formula is C19H24O. The fourth-order valence-corrected chi connectivity index (χ4v) is 2.73. The summed E-state index contributed by atoms with van der Waals surface area (Å²) in [5, 5.41) is 10.6. The van der Waals surface area contributed by atoms with Crippen LogP contribution in [0.2, 0.25) is 0 Å². The first kappa shape index (κ1) is 14.8. The Bertz CT molecular complexity index is 438. The Morgan fingerprint density at radius 2 is 1.30 bits per heavy atom. The van der Waals surface area contributed by atoms with Crippen molar-refractivity contribution in [1.82, 2.24) is 0 Å². The van der Waals surface area contributed by atoms with Crippen molar-refractivity contribution < 1.29 is 5.11 Å². The monoisotopic (exact) mass is 268 g/mol. The van der Waals surface area contributed by atoms with Crippen molar-refractivity contribution in [3.8, 4) is 0 Å². The van der Waals surface area contributed by atoms with Crippen LogP contribution in [0, 0.1) is 0 Å². The van der Waals surface area contributed by atoms with Crippen molar-refractivity contribution in [3.05, 3.63) is 71.8 Å². The topological polar surface area (TPSA) is 20.2 Å². The first-order valence-corrected chi connectivity index (χ1v) is 7.61. The molecule has 0 saturated heterocycles. The second-order valence-corrected chi connectivity index (χ2v) is 5.36. The van der Waals surface area contributed by atoms with Gasteiger partial charge in [-0.05, 0) is 17.5 Å². The van der Waals surface area contributed by atoms with Gasteiger partial charge in [0.25, 0.3) is 0 Å². The summed E-state index contributed by atoms with van der Waals surface area (Å²) in [6.07, 6.45) is 4.02. The maximum absolute atomic E-state index is 10.6. The number of unbranched alkanes of at least 4 members (excludes halogenated alkanes) is 2. The average molecular weight is 268 g/mol. The summed E-state index contributed by atoms with van der Waals surface area (Å²) in [7, 11) is 0. The second kappa shape index (κ2) is 7.86. The normalized spacial score (nSPS) is 12.6. The predicted octanol–water partition coefficient (Wildman–Crippen LogP) is 4.76. The van der Waals surface area contributed by atoms with E-state index in [0.29, 0.717) is 0 Å². The van der Waals surface area contributed by atoms with Gasteiger partial charge in [0, 0.05) is 5.92 Å². The van der Waals surface area contributed by atoms with Crippen LogP contribution in [-0.4, -0.2) is 11.2 Å². The summed E-state index contributed by atoms with van der Waals surface area (Å²) in [6, 6.07) is 20.7. The molecule has 0 saturated carbocycles. The average Bonchev–Trinajstić information content (AvgIpc) is 2.50. The Balaban J connectivity index is 2.21. The molecule has 106 valence electrons. The summed E-state index contributed by atoms with van der Waals surface area (Å²) in [4.78, 5) is 0. The molecule has 0 heterocycles. The molecule has 1 atom stereocenters. The summed E-state index contributed by atoms with van der Waals surface area (Å²) in [5.74, 6) is 0.0780. The van der Waals surface area contributed by atoms with Crippen molar-refractivity contribution >= 4 is 0 Å². The molecule has 0 aliphatic rings. The van der Waals surface area contributed by atoms with Gasteiger partial charge in [0.15, 0.2) is 0 Å². The fraction of sp³-hybridized carbons (Fsp3) is 0.368. The van der Waals surface area contributed by atoms with Crippen LogP contribution in [0.4, 0.5) is 0 Å². The van der Waals surface area contributed by atoms with Crippen molar-refractivity contribution in [2.24, 2.45) is 0 Å². The second-order valence-electron chi connectivity index (χ2n) is 5.36. The molecular weight excluding hydrogens is 244 g/mol. The van der Waals surface area contributed by atoms with Crippen molar-refractivity contribution in [2.75, 3.05) is 0 Å². The molecule has 0 radical (unpaired) electrons. The van der Waals surface area contributed by atoms with Crippen LogP contribution in [0.1, 0.15) is 49.7 Å². The highest BCUT2D eigenvalue weighted by atomic mass is 16.3. The van der Waals surface area contributed by atoms with E-state index in [4.69, 9.17) is 0 Å². The zero-order valence-electron chi connectivity index (χ0n) is 12.2. The Morgan fingerprint density at radius 1 is 0.800 bits per heavy atom. The minimum absolute atomic E-state index is 0.0780. The van der Waals surface area contributed by atoms with Gasteiger partial charge < -0.3 is 5.11 Å². The van der Waals surface area contributed by atoms with Gasteiger partial charge in [-0.1, -0.05) is 86.8 Å². The molecule has 2 aromatic carbocycles. The Kier molecular flexibility index (Phi) is 5.82. The minimum Gasteiger partial charge on any atom is -0.392 e. The lowest BCUT2D eigenvalue weighted by Gasteiger charge is -2.24. The molecule has 1 heteroatoms. The van der Waals surface area contributed by atoms with Crippen LogP contribution < -0.4 is 0 Å². The smallest absolute Gasteiger partial charge is 0.0649 e. The van der Waals surface area contributed by atoms with Crippen LogP contribution in [-0.2, 0) is 0 Å². The fourth-order valence-electron chi connectivity index (χ4n) is 2.73. The lowest BCUT2D eigenvalue weighted by molar-refractivity contribution is 0.143. The minimum atomic E-state index is -0.314. The zero-order chi connectivity index (χ0) is 14.2. The van der Waals surface area contributed by atoms with E-state index in [1.54, 1.807) is 0 Å². The van der Waals surface area contributed by atoms with E-state index in [1.807, 2.05) is 36.4 Å². The zero-order valence-corrected chi connectivity index (χ0v) is 12.2. The van der Waals surface area contributed by atoms with Gasteiger partial charge in [-0.15, -0.1) is 0 Å². The number of benzene rings is 2. The highest BCUT2D eigenvalue weighted by Gasteiger charge is 2.22. The molecule has 20 heavy (non-hydrogen) atoms. The molecule has 0 aromatic heterocycles. The number of hydrogen-bond donors (Lipinski definition) is 1. The number of rotatable bonds is 7. The van der Waals surface area contributed by atoms with Gasteiger partial charge in [-0.3, -0.25) is 0 Å². The molecule has 2 rings (SSSR count). The quantitative estimate of drug-likeness (QED) is 0.718. The summed E-state index contributed by atoms with van der Waals surface area (Å²) in [5.41, 5.74) is 2.39. The first-order valence-electron chi connectivity index (χ1n) is 7.61. The standard InChI is InChI=1S/C19H24O/c1-2-3-6-15-18(20)19(16-11-7-4-8-12-16)17-13-9-5-10-14-17/h4-5,7-14,18-20H,2-3,6,15H2,1H3. The molecule has 2 aromatic rings. The van der Waals surface area contributed by atoms with Gasteiger partial charge in [-0.25, -0.2) is 0 Å².